The Balaban J connectivity index is 2.22. The molecule has 1 atom stereocenters. The van der Waals surface area contributed by atoms with Crippen LogP contribution in [0.25, 0.3) is 0 Å². The molecule has 2 nitrogen and oxygen atoms in total. The zero-order valence-corrected chi connectivity index (χ0v) is 7.76. The van der Waals surface area contributed by atoms with Crippen molar-refractivity contribution in [3.8, 4) is 0 Å². The molecule has 0 aromatic carbocycles. The molecule has 0 bridgehead atoms. The van der Waals surface area contributed by atoms with Crippen molar-refractivity contribution in [1.82, 2.24) is 10.3 Å². The van der Waals surface area contributed by atoms with Crippen LogP contribution in [0.5, 0.6) is 0 Å². The van der Waals surface area contributed by atoms with E-state index >= 15 is 0 Å². The van der Waals surface area contributed by atoms with E-state index in [4.69, 9.17) is 0 Å². The number of pyridine rings is 1. The number of nitrogens with one attached hydrogen (secondary N) is 1. The normalized spacial score (nSPS) is 22.3. The summed E-state index contributed by atoms with van der Waals surface area (Å²) in [5.41, 5.74) is 0.478. The highest BCUT2D eigenvalue weighted by Crippen LogP contribution is 2.24. The maximum Gasteiger partial charge on any atom is 0.220 e. The number of aromatic nitrogens is 1. The van der Waals surface area contributed by atoms with Gasteiger partial charge in [-0.25, -0.2) is 0 Å². The molecule has 1 aromatic rings. The Morgan fingerprint density at radius 2 is 2.14 bits per heavy atom. The molecule has 4 heteroatoms. The third-order valence-electron chi connectivity index (χ3n) is 2.53. The Morgan fingerprint density at radius 3 is 2.79 bits per heavy atom. The lowest BCUT2D eigenvalue weighted by atomic mass is 9.99. The van der Waals surface area contributed by atoms with Crippen molar-refractivity contribution in [1.29, 1.82) is 0 Å². The molecule has 76 valence electrons. The second kappa shape index (κ2) is 4.00. The Kier molecular flexibility index (Phi) is 2.72. The second-order valence-electron chi connectivity index (χ2n) is 3.52. The van der Waals surface area contributed by atoms with Crippen LogP contribution in [0.1, 0.15) is 30.9 Å². The SMILES string of the molecule is Fc1ccc([C@@H]2CCCCN2)c(F)n1. The number of piperidine rings is 1. The minimum Gasteiger partial charge on any atom is -0.310 e. The summed E-state index contributed by atoms with van der Waals surface area (Å²) >= 11 is 0. The van der Waals surface area contributed by atoms with E-state index in [1.165, 1.54) is 12.1 Å². The van der Waals surface area contributed by atoms with Crippen LogP contribution in [0.15, 0.2) is 12.1 Å². The summed E-state index contributed by atoms with van der Waals surface area (Å²) in [4.78, 5) is 3.18. The molecule has 0 amide bonds. The van der Waals surface area contributed by atoms with Crippen molar-refractivity contribution in [3.63, 3.8) is 0 Å². The molecule has 1 fully saturated rings. The van der Waals surface area contributed by atoms with Crippen LogP contribution < -0.4 is 5.32 Å². The first kappa shape index (κ1) is 9.52. The van der Waals surface area contributed by atoms with Gasteiger partial charge in [0.15, 0.2) is 0 Å². The zero-order valence-electron chi connectivity index (χ0n) is 7.76. The average Bonchev–Trinajstić information content (AvgIpc) is 2.19. The van der Waals surface area contributed by atoms with Gasteiger partial charge in [-0.05, 0) is 31.5 Å². The second-order valence-corrected chi connectivity index (χ2v) is 3.52. The highest BCUT2D eigenvalue weighted by molar-refractivity contribution is 5.16. The summed E-state index contributed by atoms with van der Waals surface area (Å²) in [5.74, 6) is -1.45. The molecule has 1 saturated heterocycles. The summed E-state index contributed by atoms with van der Waals surface area (Å²) in [6.45, 7) is 0.890. The Labute approximate surface area is 81.4 Å². The fraction of sp³-hybridized carbons (Fsp3) is 0.500. The van der Waals surface area contributed by atoms with Crippen LogP contribution >= 0.6 is 0 Å². The lowest BCUT2D eigenvalue weighted by Crippen LogP contribution is -2.27. The predicted octanol–water partition coefficient (Wildman–Crippen LogP) is 2.17. The molecule has 0 spiro atoms. The molecule has 1 N–H and O–H groups in total. The summed E-state index contributed by atoms with van der Waals surface area (Å²) in [5, 5.41) is 3.19. The summed E-state index contributed by atoms with van der Waals surface area (Å²) in [7, 11) is 0. The van der Waals surface area contributed by atoms with E-state index in [0.29, 0.717) is 5.56 Å². The summed E-state index contributed by atoms with van der Waals surface area (Å²) < 4.78 is 25.8. The van der Waals surface area contributed by atoms with Gasteiger partial charge in [0.2, 0.25) is 11.9 Å². The molecule has 0 saturated carbocycles. The van der Waals surface area contributed by atoms with E-state index in [-0.39, 0.29) is 6.04 Å². The first-order valence-electron chi connectivity index (χ1n) is 4.83. The topological polar surface area (TPSA) is 24.9 Å². The van der Waals surface area contributed by atoms with Crippen molar-refractivity contribution in [3.05, 3.63) is 29.6 Å². The van der Waals surface area contributed by atoms with E-state index in [2.05, 4.69) is 10.3 Å². The Hall–Kier alpha value is -1.03. The predicted molar refractivity (Wildman–Crippen MR) is 48.7 cm³/mol. The minimum atomic E-state index is -0.762. The van der Waals surface area contributed by atoms with E-state index < -0.39 is 11.9 Å². The molecule has 0 unspecified atom stereocenters. The third-order valence-corrected chi connectivity index (χ3v) is 2.53. The van der Waals surface area contributed by atoms with Crippen LogP contribution in [-0.2, 0) is 0 Å². The molecule has 1 aliphatic rings. The van der Waals surface area contributed by atoms with Gasteiger partial charge in [-0.15, -0.1) is 0 Å². The van der Waals surface area contributed by atoms with Crippen LogP contribution in [0.2, 0.25) is 0 Å². The first-order chi connectivity index (χ1) is 6.77. The van der Waals surface area contributed by atoms with Gasteiger partial charge in [-0.3, -0.25) is 0 Å². The quantitative estimate of drug-likeness (QED) is 0.699. The molecule has 14 heavy (non-hydrogen) atoms. The number of rotatable bonds is 1. The molecule has 0 radical (unpaired) electrons. The van der Waals surface area contributed by atoms with Gasteiger partial charge in [0.1, 0.15) is 0 Å². The van der Waals surface area contributed by atoms with Crippen LogP contribution in [0.3, 0.4) is 0 Å². The van der Waals surface area contributed by atoms with Crippen LogP contribution in [-0.4, -0.2) is 11.5 Å². The van der Waals surface area contributed by atoms with Gasteiger partial charge in [0.05, 0.1) is 0 Å². The largest absolute Gasteiger partial charge is 0.310 e. The Morgan fingerprint density at radius 1 is 1.29 bits per heavy atom. The number of halogens is 2. The van der Waals surface area contributed by atoms with Crippen molar-refractivity contribution < 1.29 is 8.78 Å². The maximum absolute atomic E-state index is 13.2. The van der Waals surface area contributed by atoms with Gasteiger partial charge in [0.25, 0.3) is 0 Å². The van der Waals surface area contributed by atoms with Gasteiger partial charge < -0.3 is 5.32 Å². The Bertz CT molecular complexity index is 322. The lowest BCUT2D eigenvalue weighted by molar-refractivity contribution is 0.390. The fourth-order valence-corrected chi connectivity index (χ4v) is 1.80. The molecule has 1 aliphatic heterocycles. The van der Waals surface area contributed by atoms with Gasteiger partial charge in [-0.1, -0.05) is 6.42 Å². The van der Waals surface area contributed by atoms with Crippen molar-refractivity contribution in [2.24, 2.45) is 0 Å². The highest BCUT2D eigenvalue weighted by Gasteiger charge is 2.18. The van der Waals surface area contributed by atoms with Gasteiger partial charge in [0, 0.05) is 11.6 Å². The van der Waals surface area contributed by atoms with Gasteiger partial charge in [-0.2, -0.15) is 13.8 Å². The number of nitrogens with zero attached hydrogens (tertiary/aromatic N) is 1. The van der Waals surface area contributed by atoms with Crippen molar-refractivity contribution in [2.45, 2.75) is 25.3 Å². The standard InChI is InChI=1S/C10H12F2N2/c11-9-5-4-7(10(12)14-9)8-3-1-2-6-13-8/h4-5,8,13H,1-3,6H2/t8-/m0/s1. The number of hydrogen-bond acceptors (Lipinski definition) is 2. The maximum atomic E-state index is 13.2. The molecule has 2 rings (SSSR count). The van der Waals surface area contributed by atoms with Crippen LogP contribution in [0, 0.1) is 11.9 Å². The van der Waals surface area contributed by atoms with Crippen LogP contribution in [0.4, 0.5) is 8.78 Å². The third kappa shape index (κ3) is 1.90. The van der Waals surface area contributed by atoms with E-state index in [1.54, 1.807) is 0 Å². The molecule has 0 aliphatic carbocycles. The van der Waals surface area contributed by atoms with Crippen molar-refractivity contribution >= 4 is 0 Å². The monoisotopic (exact) mass is 198 g/mol. The van der Waals surface area contributed by atoms with Crippen molar-refractivity contribution in [2.75, 3.05) is 6.54 Å². The summed E-state index contributed by atoms with van der Waals surface area (Å²) in [6.07, 6.45) is 3.09. The zero-order chi connectivity index (χ0) is 9.97. The van der Waals surface area contributed by atoms with Gasteiger partial charge >= 0.3 is 0 Å². The highest BCUT2D eigenvalue weighted by atomic mass is 19.1. The molecule has 2 heterocycles. The molecule has 1 aromatic heterocycles. The van der Waals surface area contributed by atoms with E-state index in [0.717, 1.165) is 25.8 Å². The van der Waals surface area contributed by atoms with E-state index in [9.17, 15) is 8.78 Å². The van der Waals surface area contributed by atoms with E-state index in [1.807, 2.05) is 0 Å². The smallest absolute Gasteiger partial charge is 0.220 e. The average molecular weight is 198 g/mol. The lowest BCUT2D eigenvalue weighted by Gasteiger charge is -2.23. The number of hydrogen-bond donors (Lipinski definition) is 1. The minimum absolute atomic E-state index is 0.00292. The molecular formula is C10H12F2N2. The molecular weight excluding hydrogens is 186 g/mol. The first-order valence-corrected chi connectivity index (χ1v) is 4.83. The fourth-order valence-electron chi connectivity index (χ4n) is 1.80. The summed E-state index contributed by atoms with van der Waals surface area (Å²) in [6, 6.07) is 2.67.